The minimum atomic E-state index is -4.58. The molecule has 1 heterocycles. The van der Waals surface area contributed by atoms with Gasteiger partial charge in [-0.3, -0.25) is 9.59 Å². The molecule has 4 aromatic rings. The molecule has 0 N–H and O–H groups in total. The monoisotopic (exact) mass is 519 g/mol. The van der Waals surface area contributed by atoms with Crippen LogP contribution in [0.15, 0.2) is 70.6 Å². The summed E-state index contributed by atoms with van der Waals surface area (Å²) in [6.07, 6.45) is -3.34. The third-order valence-electron chi connectivity index (χ3n) is 4.79. The van der Waals surface area contributed by atoms with E-state index in [0.29, 0.717) is 11.1 Å². The number of ether oxygens (including phenoxy) is 1. The molecule has 0 amide bonds. The normalized spacial score (nSPS) is 11.8. The molecule has 0 bridgehead atoms. The second-order valence-electron chi connectivity index (χ2n) is 7.30. The quantitative estimate of drug-likeness (QED) is 0.183. The number of halogens is 5. The molecule has 0 unspecified atom stereocenters. The average molecular weight is 520 g/mol. The number of hydrogen-bond acceptors (Lipinski definition) is 5. The minimum Gasteiger partial charge on any atom is -0.424 e. The number of hydrogen-bond donors (Lipinski definition) is 0. The van der Waals surface area contributed by atoms with Crippen molar-refractivity contribution >= 4 is 46.3 Å². The Morgan fingerprint density at radius 1 is 1.06 bits per heavy atom. The molecule has 0 saturated carbocycles. The number of fused-ring (bicyclic) bond motifs is 1. The molecule has 0 saturated heterocycles. The molecule has 0 aliphatic heterocycles. The molecule has 11 heteroatoms. The van der Waals surface area contributed by atoms with Crippen LogP contribution in [0.2, 0.25) is 10.0 Å². The van der Waals surface area contributed by atoms with Crippen LogP contribution in [-0.4, -0.2) is 21.8 Å². The van der Waals surface area contributed by atoms with Crippen LogP contribution < -0.4 is 10.3 Å². The van der Waals surface area contributed by atoms with Crippen LogP contribution in [0, 0.1) is 0 Å². The summed E-state index contributed by atoms with van der Waals surface area (Å²) in [7, 11) is 0. The van der Waals surface area contributed by atoms with Crippen LogP contribution in [0.4, 0.5) is 13.2 Å². The third-order valence-corrected chi connectivity index (χ3v) is 5.35. The van der Waals surface area contributed by atoms with E-state index in [1.54, 1.807) is 18.2 Å². The highest BCUT2D eigenvalue weighted by Crippen LogP contribution is 2.34. The number of nitrogens with zero attached hydrogens (tertiary/aromatic N) is 3. The first kappa shape index (κ1) is 24.4. The molecule has 6 nitrogen and oxygen atoms in total. The van der Waals surface area contributed by atoms with E-state index in [9.17, 15) is 22.8 Å². The van der Waals surface area contributed by atoms with Gasteiger partial charge in [0.05, 0.1) is 32.7 Å². The molecule has 3 aromatic carbocycles. The highest BCUT2D eigenvalue weighted by atomic mass is 35.5. The van der Waals surface area contributed by atoms with Gasteiger partial charge in [-0.15, -0.1) is 0 Å². The molecule has 0 aliphatic carbocycles. The van der Waals surface area contributed by atoms with Crippen molar-refractivity contribution in [2.75, 3.05) is 0 Å². The maximum atomic E-state index is 13.3. The topological polar surface area (TPSA) is 73.5 Å². The molecular weight excluding hydrogens is 506 g/mol. The first-order chi connectivity index (χ1) is 16.5. The maximum absolute atomic E-state index is 13.3. The van der Waals surface area contributed by atoms with E-state index in [1.807, 2.05) is 0 Å². The summed E-state index contributed by atoms with van der Waals surface area (Å²) in [6.45, 7) is 1.19. The Morgan fingerprint density at radius 3 is 2.40 bits per heavy atom. The van der Waals surface area contributed by atoms with E-state index in [0.717, 1.165) is 16.8 Å². The molecular formula is C24H14Cl2F3N3O3. The summed E-state index contributed by atoms with van der Waals surface area (Å²) in [5, 5.41) is 4.45. The smallest absolute Gasteiger partial charge is 0.416 e. The number of esters is 1. The van der Waals surface area contributed by atoms with Gasteiger partial charge in [-0.2, -0.15) is 22.9 Å². The lowest BCUT2D eigenvalue weighted by molar-refractivity contribution is -0.137. The fourth-order valence-corrected chi connectivity index (χ4v) is 3.85. The van der Waals surface area contributed by atoms with Gasteiger partial charge >= 0.3 is 12.1 Å². The summed E-state index contributed by atoms with van der Waals surface area (Å²) in [6, 6.07) is 13.7. The van der Waals surface area contributed by atoms with E-state index in [2.05, 4.69) is 10.1 Å². The van der Waals surface area contributed by atoms with E-state index in [-0.39, 0.29) is 32.6 Å². The first-order valence-electron chi connectivity index (χ1n) is 9.96. The van der Waals surface area contributed by atoms with E-state index in [1.165, 1.54) is 43.5 Å². The Bertz CT molecular complexity index is 1530. The molecule has 35 heavy (non-hydrogen) atoms. The first-order valence-corrected chi connectivity index (χ1v) is 10.7. The fraction of sp³-hybridized carbons (Fsp3) is 0.0833. The Balaban J connectivity index is 1.88. The van der Waals surface area contributed by atoms with Crippen molar-refractivity contribution in [1.82, 2.24) is 9.66 Å². The van der Waals surface area contributed by atoms with Crippen molar-refractivity contribution in [1.29, 1.82) is 0 Å². The largest absolute Gasteiger partial charge is 0.424 e. The standard InChI is InChI=1S/C24H14Cl2F3N3O3/c1-13(33)35-21-18(25)9-14(10-19(21)26)12-30-32-22(15-5-4-6-16(11-15)24(27,28)29)31-20-8-3-2-7-17(20)23(32)34/h2-12H,1H3. The number of alkyl halides is 3. The molecule has 178 valence electrons. The van der Waals surface area contributed by atoms with Crippen molar-refractivity contribution in [2.24, 2.45) is 5.10 Å². The van der Waals surface area contributed by atoms with Crippen molar-refractivity contribution < 1.29 is 22.7 Å². The van der Waals surface area contributed by atoms with Crippen LogP contribution in [0.1, 0.15) is 18.1 Å². The SMILES string of the molecule is CC(=O)Oc1c(Cl)cc(C=Nn2c(-c3cccc(C(F)(F)F)c3)nc3ccccc3c2=O)cc1Cl. The van der Waals surface area contributed by atoms with Gasteiger partial charge in [-0.25, -0.2) is 4.98 Å². The van der Waals surface area contributed by atoms with Gasteiger partial charge in [-0.05, 0) is 42.0 Å². The third kappa shape index (κ3) is 5.21. The van der Waals surface area contributed by atoms with Gasteiger partial charge in [0.1, 0.15) is 0 Å². The van der Waals surface area contributed by atoms with Crippen LogP contribution in [0.25, 0.3) is 22.3 Å². The van der Waals surface area contributed by atoms with E-state index < -0.39 is 23.3 Å². The van der Waals surface area contributed by atoms with Gasteiger partial charge in [0.25, 0.3) is 5.56 Å². The Morgan fingerprint density at radius 2 is 1.74 bits per heavy atom. The zero-order chi connectivity index (χ0) is 25.3. The van der Waals surface area contributed by atoms with Crippen molar-refractivity contribution in [3.05, 3.63) is 92.2 Å². The molecule has 0 atom stereocenters. The fourth-order valence-electron chi connectivity index (χ4n) is 3.27. The summed E-state index contributed by atoms with van der Waals surface area (Å²) in [5.41, 5.74) is -0.805. The summed E-state index contributed by atoms with van der Waals surface area (Å²) in [5.74, 6) is -0.744. The van der Waals surface area contributed by atoms with E-state index in [4.69, 9.17) is 27.9 Å². The maximum Gasteiger partial charge on any atom is 0.416 e. The number of rotatable bonds is 4. The lowest BCUT2D eigenvalue weighted by Gasteiger charge is -2.12. The molecule has 0 spiro atoms. The summed E-state index contributed by atoms with van der Waals surface area (Å²) < 4.78 is 45.8. The molecule has 1 aromatic heterocycles. The van der Waals surface area contributed by atoms with Crippen LogP contribution in [0.5, 0.6) is 5.75 Å². The minimum absolute atomic E-state index is 0.0243. The summed E-state index contributed by atoms with van der Waals surface area (Å²) in [4.78, 5) is 28.8. The molecule has 0 radical (unpaired) electrons. The highest BCUT2D eigenvalue weighted by Gasteiger charge is 2.31. The van der Waals surface area contributed by atoms with Crippen molar-refractivity contribution in [3.8, 4) is 17.1 Å². The number of aromatic nitrogens is 2. The highest BCUT2D eigenvalue weighted by molar-refractivity contribution is 6.37. The van der Waals surface area contributed by atoms with Gasteiger partial charge in [-0.1, -0.05) is 47.5 Å². The zero-order valence-electron chi connectivity index (χ0n) is 17.8. The number of para-hydroxylation sites is 1. The van der Waals surface area contributed by atoms with Gasteiger partial charge < -0.3 is 4.74 Å². The van der Waals surface area contributed by atoms with Gasteiger partial charge in [0.2, 0.25) is 0 Å². The Labute approximate surface area is 206 Å². The lowest BCUT2D eigenvalue weighted by Crippen LogP contribution is -2.20. The lowest BCUT2D eigenvalue weighted by atomic mass is 10.1. The average Bonchev–Trinajstić information content (AvgIpc) is 2.80. The van der Waals surface area contributed by atoms with Crippen LogP contribution in [-0.2, 0) is 11.0 Å². The predicted molar refractivity (Wildman–Crippen MR) is 127 cm³/mol. The van der Waals surface area contributed by atoms with Gasteiger partial charge in [0, 0.05) is 12.5 Å². The molecule has 0 aliphatic rings. The predicted octanol–water partition coefficient (Wildman–Crippen LogP) is 6.20. The number of carbonyl (C=O) groups is 1. The van der Waals surface area contributed by atoms with Crippen molar-refractivity contribution in [2.45, 2.75) is 13.1 Å². The van der Waals surface area contributed by atoms with Crippen molar-refractivity contribution in [3.63, 3.8) is 0 Å². The second kappa shape index (κ2) is 9.52. The van der Waals surface area contributed by atoms with E-state index >= 15 is 0 Å². The zero-order valence-corrected chi connectivity index (χ0v) is 19.3. The van der Waals surface area contributed by atoms with Crippen LogP contribution in [0.3, 0.4) is 0 Å². The molecule has 0 fully saturated rings. The Hall–Kier alpha value is -3.69. The molecule has 4 rings (SSSR count). The second-order valence-corrected chi connectivity index (χ2v) is 8.11. The Kier molecular flexibility index (Phi) is 6.64. The number of carbonyl (C=O) groups excluding carboxylic acids is 1. The van der Waals surface area contributed by atoms with Gasteiger partial charge in [0.15, 0.2) is 11.6 Å². The number of benzene rings is 3. The summed E-state index contributed by atoms with van der Waals surface area (Å²) >= 11 is 12.3. The van der Waals surface area contributed by atoms with Crippen LogP contribution >= 0.6 is 23.2 Å².